The molecule has 1 heterocycles. The second kappa shape index (κ2) is 9.28. The van der Waals surface area contributed by atoms with E-state index in [0.29, 0.717) is 17.9 Å². The number of unbranched alkanes of at least 4 members (excludes halogenated alkanes) is 1. The van der Waals surface area contributed by atoms with E-state index in [2.05, 4.69) is 10.3 Å². The van der Waals surface area contributed by atoms with E-state index in [4.69, 9.17) is 4.74 Å². The minimum Gasteiger partial charge on any atom is -0.490 e. The quantitative estimate of drug-likeness (QED) is 0.421. The highest BCUT2D eigenvalue weighted by Gasteiger charge is 2.13. The molecular weight excluding hydrogens is 363 g/mol. The predicted molar refractivity (Wildman–Crippen MR) is 108 cm³/mol. The molecule has 0 radical (unpaired) electrons. The first-order valence-electron chi connectivity index (χ1n) is 8.82. The highest BCUT2D eigenvalue weighted by atomic mass is 32.1. The lowest BCUT2D eigenvalue weighted by Crippen LogP contribution is -2.15. The number of nitrogens with one attached hydrogen (secondary N) is 1. The number of hydrogen-bond donors (Lipinski definition) is 1. The lowest BCUT2D eigenvalue weighted by molar-refractivity contribution is -0.115. The van der Waals surface area contributed by atoms with E-state index in [9.17, 15) is 9.18 Å². The molecular formula is C21H21FN2O2S. The van der Waals surface area contributed by atoms with Crippen molar-refractivity contribution in [3.63, 3.8) is 0 Å². The zero-order valence-corrected chi connectivity index (χ0v) is 15.9. The first-order chi connectivity index (χ1) is 13.2. The number of carbonyl (C=O) groups excluding carboxylic acids is 1. The van der Waals surface area contributed by atoms with Gasteiger partial charge < -0.3 is 10.1 Å². The van der Waals surface area contributed by atoms with Gasteiger partial charge in [-0.05, 0) is 44.0 Å². The fourth-order valence-corrected chi connectivity index (χ4v) is 3.38. The Morgan fingerprint density at radius 3 is 3.07 bits per heavy atom. The fraction of sp³-hybridized carbons (Fsp3) is 0.238. The number of anilines is 1. The van der Waals surface area contributed by atoms with Crippen LogP contribution in [0.15, 0.2) is 54.1 Å². The number of thiazole rings is 1. The Morgan fingerprint density at radius 1 is 1.33 bits per heavy atom. The summed E-state index contributed by atoms with van der Waals surface area (Å²) in [4.78, 5) is 16.5. The van der Waals surface area contributed by atoms with Crippen LogP contribution in [0.4, 0.5) is 10.1 Å². The number of fused-ring (bicyclic) bond motifs is 1. The maximum atomic E-state index is 14.6. The number of rotatable bonds is 8. The normalized spacial score (nSPS) is 11.2. The van der Waals surface area contributed by atoms with Crippen molar-refractivity contribution in [1.82, 2.24) is 4.98 Å². The van der Waals surface area contributed by atoms with E-state index in [1.807, 2.05) is 31.2 Å². The molecule has 3 aromatic rings. The van der Waals surface area contributed by atoms with Crippen molar-refractivity contribution in [3.8, 4) is 5.75 Å². The first-order valence-corrected chi connectivity index (χ1v) is 9.70. The Hall–Kier alpha value is -2.73. The second-order valence-corrected chi connectivity index (χ2v) is 6.94. The molecule has 0 fully saturated rings. The molecule has 0 saturated carbocycles. The van der Waals surface area contributed by atoms with E-state index in [-0.39, 0.29) is 18.1 Å². The summed E-state index contributed by atoms with van der Waals surface area (Å²) in [5.41, 5.74) is 3.64. The maximum Gasteiger partial charge on any atom is 0.228 e. The molecule has 1 amide bonds. The van der Waals surface area contributed by atoms with Crippen LogP contribution in [0, 0.1) is 5.82 Å². The van der Waals surface area contributed by atoms with Crippen molar-refractivity contribution >= 4 is 33.1 Å². The molecule has 0 spiro atoms. The van der Waals surface area contributed by atoms with E-state index in [0.717, 1.165) is 23.1 Å². The number of nitrogens with zero attached hydrogens (tertiary/aromatic N) is 1. The van der Waals surface area contributed by atoms with E-state index >= 15 is 0 Å². The molecule has 0 saturated heterocycles. The number of amides is 1. The number of halogens is 1. The van der Waals surface area contributed by atoms with Gasteiger partial charge in [-0.2, -0.15) is 0 Å². The highest BCUT2D eigenvalue weighted by Crippen LogP contribution is 2.23. The molecule has 0 aliphatic heterocycles. The van der Waals surface area contributed by atoms with Gasteiger partial charge in [-0.15, -0.1) is 11.3 Å². The molecule has 6 heteroatoms. The van der Waals surface area contributed by atoms with Crippen LogP contribution in [0.25, 0.3) is 10.2 Å². The molecule has 4 nitrogen and oxygen atoms in total. The molecule has 2 aromatic carbocycles. The Labute approximate surface area is 161 Å². The van der Waals surface area contributed by atoms with Gasteiger partial charge in [0.15, 0.2) is 11.6 Å². The van der Waals surface area contributed by atoms with Gasteiger partial charge in [0, 0.05) is 11.3 Å². The largest absolute Gasteiger partial charge is 0.490 e. The molecule has 1 aromatic heterocycles. The number of hydrogen-bond acceptors (Lipinski definition) is 4. The van der Waals surface area contributed by atoms with Gasteiger partial charge in [0.2, 0.25) is 5.91 Å². The smallest absolute Gasteiger partial charge is 0.228 e. The Kier molecular flexibility index (Phi) is 6.54. The molecule has 0 aliphatic carbocycles. The van der Waals surface area contributed by atoms with Crippen molar-refractivity contribution in [2.24, 2.45) is 0 Å². The first kappa shape index (κ1) is 19.0. The molecule has 0 bridgehead atoms. The summed E-state index contributed by atoms with van der Waals surface area (Å²) in [6.07, 6.45) is 5.68. The lowest BCUT2D eigenvalue weighted by atomic mass is 10.1. The van der Waals surface area contributed by atoms with Crippen molar-refractivity contribution < 1.29 is 13.9 Å². The van der Waals surface area contributed by atoms with Gasteiger partial charge >= 0.3 is 0 Å². The summed E-state index contributed by atoms with van der Waals surface area (Å²) in [5.74, 6) is -0.563. The Balaban J connectivity index is 1.60. The summed E-state index contributed by atoms with van der Waals surface area (Å²) in [5, 5.41) is 2.81. The molecule has 1 N–H and O–H groups in total. The second-order valence-electron chi connectivity index (χ2n) is 6.05. The molecule has 0 unspecified atom stereocenters. The number of ether oxygens (including phenoxy) is 1. The van der Waals surface area contributed by atoms with Crippen LogP contribution < -0.4 is 10.1 Å². The average molecular weight is 384 g/mol. The summed E-state index contributed by atoms with van der Waals surface area (Å²) >= 11 is 1.51. The van der Waals surface area contributed by atoms with Crippen LogP contribution in [0.2, 0.25) is 0 Å². The van der Waals surface area contributed by atoms with Crippen LogP contribution in [0.5, 0.6) is 5.75 Å². The van der Waals surface area contributed by atoms with Crippen LogP contribution in [-0.4, -0.2) is 17.5 Å². The summed E-state index contributed by atoms with van der Waals surface area (Å²) in [6, 6.07) is 10.4. The molecule has 0 aliphatic rings. The third-order valence-corrected chi connectivity index (χ3v) is 4.81. The number of aromatic nitrogens is 1. The lowest BCUT2D eigenvalue weighted by Gasteiger charge is -2.10. The highest BCUT2D eigenvalue weighted by molar-refractivity contribution is 7.16. The Bertz CT molecular complexity index is 952. The number of carbonyl (C=O) groups is 1. The number of benzene rings is 2. The minimum atomic E-state index is -0.475. The zero-order chi connectivity index (χ0) is 19.1. The van der Waals surface area contributed by atoms with Crippen LogP contribution in [0.1, 0.15) is 25.3 Å². The fourth-order valence-electron chi connectivity index (χ4n) is 2.67. The van der Waals surface area contributed by atoms with Crippen LogP contribution >= 0.6 is 11.3 Å². The minimum absolute atomic E-state index is 0.0532. The van der Waals surface area contributed by atoms with Crippen molar-refractivity contribution in [1.29, 1.82) is 0 Å². The molecule has 140 valence electrons. The van der Waals surface area contributed by atoms with Gasteiger partial charge in [0.25, 0.3) is 0 Å². The van der Waals surface area contributed by atoms with Gasteiger partial charge in [-0.25, -0.2) is 9.37 Å². The number of allylic oxidation sites excluding steroid dienone is 2. The van der Waals surface area contributed by atoms with Crippen molar-refractivity contribution in [3.05, 3.63) is 65.4 Å². The SMILES string of the molecule is C/C=C/CCCOc1cccc(CC(=O)Nc2ccc3ncsc3c2)c1F. The molecule has 3 rings (SSSR count). The maximum absolute atomic E-state index is 14.6. The van der Waals surface area contributed by atoms with Crippen LogP contribution in [0.3, 0.4) is 0 Å². The third-order valence-electron chi connectivity index (χ3n) is 4.02. The van der Waals surface area contributed by atoms with Crippen molar-refractivity contribution in [2.45, 2.75) is 26.2 Å². The summed E-state index contributed by atoms with van der Waals surface area (Å²) < 4.78 is 21.1. The topological polar surface area (TPSA) is 51.2 Å². The van der Waals surface area contributed by atoms with E-state index < -0.39 is 5.82 Å². The molecule has 27 heavy (non-hydrogen) atoms. The monoisotopic (exact) mass is 384 g/mol. The van der Waals surface area contributed by atoms with E-state index in [1.165, 1.54) is 11.3 Å². The standard InChI is InChI=1S/C21H21FN2O2S/c1-2-3-4-5-11-26-18-8-6-7-15(21(18)22)12-20(25)24-16-9-10-17-19(13-16)27-14-23-17/h2-3,6-10,13-14H,4-5,11-12H2,1H3,(H,24,25)/b3-2+. The van der Waals surface area contributed by atoms with E-state index in [1.54, 1.807) is 29.8 Å². The van der Waals surface area contributed by atoms with Gasteiger partial charge in [0.1, 0.15) is 0 Å². The van der Waals surface area contributed by atoms with Gasteiger partial charge in [-0.3, -0.25) is 4.79 Å². The third kappa shape index (κ3) is 5.14. The summed E-state index contributed by atoms with van der Waals surface area (Å²) in [7, 11) is 0. The van der Waals surface area contributed by atoms with Gasteiger partial charge in [-0.1, -0.05) is 24.3 Å². The predicted octanol–water partition coefficient (Wildman–Crippen LogP) is 5.35. The molecule has 0 atom stereocenters. The zero-order valence-electron chi connectivity index (χ0n) is 15.1. The van der Waals surface area contributed by atoms with Gasteiger partial charge in [0.05, 0.1) is 28.8 Å². The summed E-state index contributed by atoms with van der Waals surface area (Å²) in [6.45, 7) is 2.40. The average Bonchev–Trinajstić information content (AvgIpc) is 3.12. The van der Waals surface area contributed by atoms with Crippen LogP contribution in [-0.2, 0) is 11.2 Å². The van der Waals surface area contributed by atoms with Crippen molar-refractivity contribution in [2.75, 3.05) is 11.9 Å². The Morgan fingerprint density at radius 2 is 2.22 bits per heavy atom.